The van der Waals surface area contributed by atoms with Crippen LogP contribution >= 0.6 is 23.2 Å². The minimum Gasteiger partial charge on any atom is -0.484 e. The predicted molar refractivity (Wildman–Crippen MR) is 93.5 cm³/mol. The zero-order valence-corrected chi connectivity index (χ0v) is 14.7. The zero-order valence-electron chi connectivity index (χ0n) is 13.2. The van der Waals surface area contributed by atoms with E-state index in [2.05, 4.69) is 10.9 Å². The Morgan fingerprint density at radius 1 is 1.00 bits per heavy atom. The number of carbonyl (C=O) groups excluding carboxylic acids is 2. The number of rotatable bonds is 4. The standard InChI is InChI=1S/C17H16Cl2N2O3/c1-10-3-5-13(7-11(10)2)24-9-16(22)20-21-17(23)14-8-12(18)4-6-15(14)19/h3-8H,9H2,1-2H3,(H,20,22)(H,21,23). The Morgan fingerprint density at radius 2 is 1.75 bits per heavy atom. The molecule has 2 rings (SSSR count). The van der Waals surface area contributed by atoms with Crippen molar-refractivity contribution in [3.63, 3.8) is 0 Å². The van der Waals surface area contributed by atoms with E-state index < -0.39 is 11.8 Å². The third-order valence-electron chi connectivity index (χ3n) is 3.34. The van der Waals surface area contributed by atoms with Crippen LogP contribution in [0.5, 0.6) is 5.75 Å². The van der Waals surface area contributed by atoms with Crippen molar-refractivity contribution in [1.82, 2.24) is 10.9 Å². The number of hydrogen-bond acceptors (Lipinski definition) is 3. The molecule has 2 aromatic rings. The van der Waals surface area contributed by atoms with Crippen LogP contribution in [0, 0.1) is 13.8 Å². The summed E-state index contributed by atoms with van der Waals surface area (Å²) in [4.78, 5) is 23.7. The smallest absolute Gasteiger partial charge is 0.276 e. The Hall–Kier alpha value is -2.24. The summed E-state index contributed by atoms with van der Waals surface area (Å²) in [6, 6.07) is 10.0. The Kier molecular flexibility index (Phi) is 6.06. The number of aryl methyl sites for hydroxylation is 2. The van der Waals surface area contributed by atoms with Crippen LogP contribution in [0.3, 0.4) is 0 Å². The van der Waals surface area contributed by atoms with Crippen molar-refractivity contribution in [2.45, 2.75) is 13.8 Å². The summed E-state index contributed by atoms with van der Waals surface area (Å²) in [6.45, 7) is 3.71. The van der Waals surface area contributed by atoms with Crippen LogP contribution in [0.4, 0.5) is 0 Å². The molecule has 0 bridgehead atoms. The van der Waals surface area contributed by atoms with Crippen LogP contribution in [-0.4, -0.2) is 18.4 Å². The van der Waals surface area contributed by atoms with Crippen molar-refractivity contribution in [2.75, 3.05) is 6.61 Å². The fourth-order valence-corrected chi connectivity index (χ4v) is 2.23. The van der Waals surface area contributed by atoms with Gasteiger partial charge in [-0.2, -0.15) is 0 Å². The maximum Gasteiger partial charge on any atom is 0.276 e. The molecule has 0 aliphatic rings. The first-order valence-electron chi connectivity index (χ1n) is 7.11. The molecule has 2 N–H and O–H groups in total. The molecule has 2 aromatic carbocycles. The molecule has 0 aliphatic carbocycles. The summed E-state index contributed by atoms with van der Waals surface area (Å²) in [5.41, 5.74) is 6.89. The zero-order chi connectivity index (χ0) is 17.7. The SMILES string of the molecule is Cc1ccc(OCC(=O)NNC(=O)c2cc(Cl)ccc2Cl)cc1C. The summed E-state index contributed by atoms with van der Waals surface area (Å²) < 4.78 is 5.37. The van der Waals surface area contributed by atoms with E-state index in [-0.39, 0.29) is 17.2 Å². The molecule has 0 spiro atoms. The van der Waals surface area contributed by atoms with Gasteiger partial charge >= 0.3 is 0 Å². The second-order valence-electron chi connectivity index (χ2n) is 5.16. The lowest BCUT2D eigenvalue weighted by atomic mass is 10.1. The lowest BCUT2D eigenvalue weighted by Crippen LogP contribution is -2.43. The van der Waals surface area contributed by atoms with Gasteiger partial charge in [0.05, 0.1) is 10.6 Å². The largest absolute Gasteiger partial charge is 0.484 e. The highest BCUT2D eigenvalue weighted by atomic mass is 35.5. The highest BCUT2D eigenvalue weighted by molar-refractivity contribution is 6.35. The number of amides is 2. The van der Waals surface area contributed by atoms with Crippen LogP contribution in [0.2, 0.25) is 10.0 Å². The van der Waals surface area contributed by atoms with Gasteiger partial charge in [0, 0.05) is 5.02 Å². The van der Waals surface area contributed by atoms with Gasteiger partial charge in [0.25, 0.3) is 11.8 Å². The summed E-state index contributed by atoms with van der Waals surface area (Å²) in [7, 11) is 0. The third kappa shape index (κ3) is 4.88. The number of hydrazine groups is 1. The minimum atomic E-state index is -0.568. The van der Waals surface area contributed by atoms with Crippen LogP contribution in [0.25, 0.3) is 0 Å². The number of halogens is 2. The molecule has 0 atom stereocenters. The van der Waals surface area contributed by atoms with E-state index >= 15 is 0 Å². The summed E-state index contributed by atoms with van der Waals surface area (Å²) in [6.07, 6.45) is 0. The van der Waals surface area contributed by atoms with Gasteiger partial charge in [0.1, 0.15) is 5.75 Å². The van der Waals surface area contributed by atoms with E-state index in [0.717, 1.165) is 11.1 Å². The number of hydrogen-bond donors (Lipinski definition) is 2. The maximum atomic E-state index is 12.0. The topological polar surface area (TPSA) is 67.4 Å². The van der Waals surface area contributed by atoms with Crippen LogP contribution in [0.15, 0.2) is 36.4 Å². The van der Waals surface area contributed by atoms with Crippen molar-refractivity contribution in [3.8, 4) is 5.75 Å². The Labute approximate surface area is 149 Å². The van der Waals surface area contributed by atoms with Crippen molar-refractivity contribution in [2.24, 2.45) is 0 Å². The lowest BCUT2D eigenvalue weighted by Gasteiger charge is -2.10. The molecular formula is C17H16Cl2N2O3. The van der Waals surface area contributed by atoms with Gasteiger partial charge in [-0.3, -0.25) is 20.4 Å². The second kappa shape index (κ2) is 8.04. The van der Waals surface area contributed by atoms with E-state index in [1.165, 1.54) is 12.1 Å². The quantitative estimate of drug-likeness (QED) is 0.814. The summed E-state index contributed by atoms with van der Waals surface area (Å²) in [5, 5.41) is 0.603. The molecule has 0 saturated heterocycles. The predicted octanol–water partition coefficient (Wildman–Crippen LogP) is 3.45. The molecule has 5 nitrogen and oxygen atoms in total. The highest BCUT2D eigenvalue weighted by Crippen LogP contribution is 2.20. The number of ether oxygens (including phenoxy) is 1. The number of carbonyl (C=O) groups is 2. The first kappa shape index (κ1) is 18.1. The molecule has 0 radical (unpaired) electrons. The van der Waals surface area contributed by atoms with Gasteiger partial charge in [-0.15, -0.1) is 0 Å². The molecule has 0 fully saturated rings. The molecule has 0 unspecified atom stereocenters. The van der Waals surface area contributed by atoms with Gasteiger partial charge in [0.15, 0.2) is 6.61 Å². The average molecular weight is 367 g/mol. The van der Waals surface area contributed by atoms with Crippen LogP contribution in [0.1, 0.15) is 21.5 Å². The Balaban J connectivity index is 1.85. The molecule has 0 aliphatic heterocycles. The monoisotopic (exact) mass is 366 g/mol. The third-order valence-corrected chi connectivity index (χ3v) is 3.90. The van der Waals surface area contributed by atoms with E-state index in [9.17, 15) is 9.59 Å². The molecular weight excluding hydrogens is 351 g/mol. The van der Waals surface area contributed by atoms with Gasteiger partial charge in [-0.1, -0.05) is 29.3 Å². The summed E-state index contributed by atoms with van der Waals surface area (Å²) >= 11 is 11.7. The fraction of sp³-hybridized carbons (Fsp3) is 0.176. The lowest BCUT2D eigenvalue weighted by molar-refractivity contribution is -0.123. The Morgan fingerprint density at radius 3 is 2.46 bits per heavy atom. The second-order valence-corrected chi connectivity index (χ2v) is 6.00. The molecule has 2 amide bonds. The Bertz CT molecular complexity index is 778. The number of benzene rings is 2. The highest BCUT2D eigenvalue weighted by Gasteiger charge is 2.12. The molecule has 0 saturated carbocycles. The van der Waals surface area contributed by atoms with Crippen molar-refractivity contribution in [1.29, 1.82) is 0 Å². The number of nitrogens with one attached hydrogen (secondary N) is 2. The van der Waals surface area contributed by atoms with E-state index in [1.54, 1.807) is 12.1 Å². The first-order chi connectivity index (χ1) is 11.4. The fourth-order valence-electron chi connectivity index (χ4n) is 1.85. The molecule has 24 heavy (non-hydrogen) atoms. The van der Waals surface area contributed by atoms with Crippen molar-refractivity contribution in [3.05, 3.63) is 63.1 Å². The maximum absolute atomic E-state index is 12.0. The normalized spacial score (nSPS) is 10.2. The van der Waals surface area contributed by atoms with Crippen molar-refractivity contribution >= 4 is 35.0 Å². The minimum absolute atomic E-state index is 0.166. The molecule has 0 heterocycles. The van der Waals surface area contributed by atoms with Gasteiger partial charge < -0.3 is 4.74 Å². The van der Waals surface area contributed by atoms with E-state index in [4.69, 9.17) is 27.9 Å². The first-order valence-corrected chi connectivity index (χ1v) is 7.86. The van der Waals surface area contributed by atoms with E-state index in [0.29, 0.717) is 10.8 Å². The molecule has 0 aromatic heterocycles. The molecule has 7 heteroatoms. The van der Waals surface area contributed by atoms with Crippen LogP contribution in [-0.2, 0) is 4.79 Å². The summed E-state index contributed by atoms with van der Waals surface area (Å²) in [5.74, 6) is -0.487. The van der Waals surface area contributed by atoms with Gasteiger partial charge in [-0.05, 0) is 55.3 Å². The van der Waals surface area contributed by atoms with Crippen molar-refractivity contribution < 1.29 is 14.3 Å². The van der Waals surface area contributed by atoms with E-state index in [1.807, 2.05) is 26.0 Å². The molecule has 126 valence electrons. The average Bonchev–Trinajstić information content (AvgIpc) is 2.56. The van der Waals surface area contributed by atoms with Gasteiger partial charge in [-0.25, -0.2) is 0 Å². The van der Waals surface area contributed by atoms with Crippen LogP contribution < -0.4 is 15.6 Å². The van der Waals surface area contributed by atoms with Gasteiger partial charge in [0.2, 0.25) is 0 Å².